The molecule has 3 heteroatoms. The van der Waals surface area contributed by atoms with E-state index in [1.807, 2.05) is 0 Å². The highest BCUT2D eigenvalue weighted by molar-refractivity contribution is 4.82. The van der Waals surface area contributed by atoms with Crippen LogP contribution >= 0.6 is 0 Å². The van der Waals surface area contributed by atoms with E-state index in [-0.39, 0.29) is 12.2 Å². The molecule has 76 valence electrons. The van der Waals surface area contributed by atoms with Gasteiger partial charge >= 0.3 is 0 Å². The monoisotopic (exact) mass is 186 g/mol. The lowest BCUT2D eigenvalue weighted by molar-refractivity contribution is -0.237. The topological polar surface area (TPSA) is 49.7 Å². The van der Waals surface area contributed by atoms with Crippen molar-refractivity contribution in [3.8, 4) is 0 Å². The summed E-state index contributed by atoms with van der Waals surface area (Å²) < 4.78 is 5.58. The molecule has 13 heavy (non-hydrogen) atoms. The molecule has 0 radical (unpaired) electrons. The average molecular weight is 186 g/mol. The van der Waals surface area contributed by atoms with Gasteiger partial charge in [0.2, 0.25) is 0 Å². The van der Waals surface area contributed by atoms with E-state index in [1.165, 1.54) is 0 Å². The highest BCUT2D eigenvalue weighted by Crippen LogP contribution is 2.35. The molecule has 0 aromatic heterocycles. The molecular weight excluding hydrogens is 168 g/mol. The van der Waals surface area contributed by atoms with E-state index in [9.17, 15) is 10.2 Å². The molecule has 3 nitrogen and oxygen atoms in total. The zero-order valence-corrected chi connectivity index (χ0v) is 7.91. The van der Waals surface area contributed by atoms with Crippen molar-refractivity contribution in [3.63, 3.8) is 0 Å². The Balaban J connectivity index is 1.88. The lowest BCUT2D eigenvalue weighted by Gasteiger charge is -2.28. The molecule has 2 unspecified atom stereocenters. The molecular formula is C10H18O3. The molecule has 2 rings (SSSR count). The van der Waals surface area contributed by atoms with Crippen molar-refractivity contribution in [2.75, 3.05) is 0 Å². The normalized spacial score (nSPS) is 38.3. The number of hydrogen-bond acceptors (Lipinski definition) is 3. The zero-order valence-electron chi connectivity index (χ0n) is 7.91. The lowest BCUT2D eigenvalue weighted by atomic mass is 10.2. The summed E-state index contributed by atoms with van der Waals surface area (Å²) in [5.74, 6) is -0.921. The quantitative estimate of drug-likeness (QED) is 0.637. The predicted octanol–water partition coefficient (Wildman–Crippen LogP) is 1.18. The Hall–Kier alpha value is -0.120. The fraction of sp³-hybridized carbons (Fsp3) is 1.00. The summed E-state index contributed by atoms with van der Waals surface area (Å²) in [4.78, 5) is 0. The van der Waals surface area contributed by atoms with Crippen molar-refractivity contribution in [1.29, 1.82) is 0 Å². The van der Waals surface area contributed by atoms with Crippen LogP contribution in [0.1, 0.15) is 44.9 Å². The van der Waals surface area contributed by atoms with E-state index in [1.54, 1.807) is 0 Å². The number of aliphatic hydroxyl groups is 2. The maximum Gasteiger partial charge on any atom is 0.165 e. The summed E-state index contributed by atoms with van der Waals surface area (Å²) >= 11 is 0. The maximum atomic E-state index is 9.94. The number of rotatable bonds is 2. The standard InChI is InChI=1S/C10H18O3/c11-8-4-3-5-9(8)13-10(12)6-1-2-7-10/h8-9,11-12H,1-7H2. The van der Waals surface area contributed by atoms with Crippen LogP contribution in [-0.4, -0.2) is 28.2 Å². The van der Waals surface area contributed by atoms with Gasteiger partial charge in [-0.05, 0) is 32.1 Å². The van der Waals surface area contributed by atoms with Gasteiger partial charge in [-0.2, -0.15) is 0 Å². The van der Waals surface area contributed by atoms with Crippen LogP contribution in [0.4, 0.5) is 0 Å². The van der Waals surface area contributed by atoms with Gasteiger partial charge in [0.05, 0.1) is 12.2 Å². The largest absolute Gasteiger partial charge is 0.390 e. The van der Waals surface area contributed by atoms with Gasteiger partial charge in [-0.25, -0.2) is 0 Å². The Bertz CT molecular complexity index is 175. The van der Waals surface area contributed by atoms with Crippen LogP contribution in [0.5, 0.6) is 0 Å². The lowest BCUT2D eigenvalue weighted by Crippen LogP contribution is -2.37. The Morgan fingerprint density at radius 3 is 2.31 bits per heavy atom. The van der Waals surface area contributed by atoms with Gasteiger partial charge in [0.25, 0.3) is 0 Å². The molecule has 2 N–H and O–H groups in total. The second-order valence-electron chi connectivity index (χ2n) is 4.31. The van der Waals surface area contributed by atoms with Gasteiger partial charge < -0.3 is 14.9 Å². The van der Waals surface area contributed by atoms with Crippen LogP contribution in [0, 0.1) is 0 Å². The summed E-state index contributed by atoms with van der Waals surface area (Å²) in [6.07, 6.45) is 5.80. The van der Waals surface area contributed by atoms with Gasteiger partial charge in [-0.15, -0.1) is 0 Å². The minimum absolute atomic E-state index is 0.122. The van der Waals surface area contributed by atoms with Gasteiger partial charge in [-0.1, -0.05) is 0 Å². The molecule has 0 amide bonds. The van der Waals surface area contributed by atoms with Crippen molar-refractivity contribution in [3.05, 3.63) is 0 Å². The molecule has 0 bridgehead atoms. The van der Waals surface area contributed by atoms with Gasteiger partial charge in [0.15, 0.2) is 5.79 Å². The van der Waals surface area contributed by atoms with Crippen molar-refractivity contribution in [1.82, 2.24) is 0 Å². The van der Waals surface area contributed by atoms with E-state index in [0.29, 0.717) is 0 Å². The van der Waals surface area contributed by atoms with Crippen molar-refractivity contribution in [2.45, 2.75) is 62.9 Å². The van der Waals surface area contributed by atoms with Crippen molar-refractivity contribution >= 4 is 0 Å². The molecule has 0 saturated heterocycles. The van der Waals surface area contributed by atoms with Crippen LogP contribution in [0.15, 0.2) is 0 Å². The van der Waals surface area contributed by atoms with Gasteiger partial charge in [0, 0.05) is 12.8 Å². The molecule has 2 fully saturated rings. The predicted molar refractivity (Wildman–Crippen MR) is 48.1 cm³/mol. The first kappa shape index (κ1) is 9.44. The Morgan fingerprint density at radius 2 is 1.77 bits per heavy atom. The van der Waals surface area contributed by atoms with Crippen molar-refractivity contribution < 1.29 is 14.9 Å². The van der Waals surface area contributed by atoms with E-state index < -0.39 is 5.79 Å². The molecule has 0 spiro atoms. The molecule has 2 atom stereocenters. The van der Waals surface area contributed by atoms with Gasteiger partial charge in [-0.3, -0.25) is 0 Å². The third-order valence-electron chi connectivity index (χ3n) is 3.17. The summed E-state index contributed by atoms with van der Waals surface area (Å²) in [7, 11) is 0. The molecule has 0 heterocycles. The second-order valence-corrected chi connectivity index (χ2v) is 4.31. The number of ether oxygens (including phenoxy) is 1. The fourth-order valence-electron chi connectivity index (χ4n) is 2.37. The molecule has 0 aromatic carbocycles. The SMILES string of the molecule is OC1CCCC1OC1(O)CCCC1. The van der Waals surface area contributed by atoms with E-state index >= 15 is 0 Å². The summed E-state index contributed by atoms with van der Waals surface area (Å²) in [6, 6.07) is 0. The molecule has 0 aromatic rings. The van der Waals surface area contributed by atoms with Crippen LogP contribution in [-0.2, 0) is 4.74 Å². The first-order chi connectivity index (χ1) is 6.20. The fourth-order valence-corrected chi connectivity index (χ4v) is 2.37. The van der Waals surface area contributed by atoms with Crippen LogP contribution in [0.3, 0.4) is 0 Å². The van der Waals surface area contributed by atoms with Gasteiger partial charge in [0.1, 0.15) is 0 Å². The highest BCUT2D eigenvalue weighted by atomic mass is 16.6. The molecule has 2 saturated carbocycles. The summed E-state index contributed by atoms with van der Waals surface area (Å²) in [6.45, 7) is 0. The van der Waals surface area contributed by atoms with Crippen LogP contribution in [0.25, 0.3) is 0 Å². The van der Waals surface area contributed by atoms with Crippen LogP contribution in [0.2, 0.25) is 0 Å². The molecule has 0 aliphatic heterocycles. The third-order valence-corrected chi connectivity index (χ3v) is 3.17. The Labute approximate surface area is 78.7 Å². The second kappa shape index (κ2) is 3.56. The van der Waals surface area contributed by atoms with Crippen LogP contribution < -0.4 is 0 Å². The third kappa shape index (κ3) is 2.03. The van der Waals surface area contributed by atoms with E-state index in [0.717, 1.165) is 44.9 Å². The zero-order chi connectivity index (χ0) is 9.31. The molecule has 2 aliphatic carbocycles. The summed E-state index contributed by atoms with van der Waals surface area (Å²) in [5, 5.41) is 19.5. The Morgan fingerprint density at radius 1 is 1.08 bits per heavy atom. The van der Waals surface area contributed by atoms with E-state index in [4.69, 9.17) is 4.74 Å². The van der Waals surface area contributed by atoms with E-state index in [2.05, 4.69) is 0 Å². The number of aliphatic hydroxyl groups excluding tert-OH is 1. The highest BCUT2D eigenvalue weighted by Gasteiger charge is 2.38. The average Bonchev–Trinajstić information content (AvgIpc) is 2.64. The first-order valence-electron chi connectivity index (χ1n) is 5.28. The minimum Gasteiger partial charge on any atom is -0.390 e. The molecule has 2 aliphatic rings. The summed E-state index contributed by atoms with van der Waals surface area (Å²) in [5.41, 5.74) is 0. The smallest absolute Gasteiger partial charge is 0.165 e. The first-order valence-corrected chi connectivity index (χ1v) is 5.28. The Kier molecular flexibility index (Phi) is 2.58. The number of hydrogen-bond donors (Lipinski definition) is 2. The minimum atomic E-state index is -0.921. The van der Waals surface area contributed by atoms with Crippen molar-refractivity contribution in [2.24, 2.45) is 0 Å². The maximum absolute atomic E-state index is 9.94.